The molecule has 2 aliphatic rings. The summed E-state index contributed by atoms with van der Waals surface area (Å²) in [5.41, 5.74) is 1.69. The van der Waals surface area contributed by atoms with Crippen molar-refractivity contribution >= 4 is 39.1 Å². The van der Waals surface area contributed by atoms with Gasteiger partial charge in [-0.2, -0.15) is 0 Å². The van der Waals surface area contributed by atoms with Gasteiger partial charge in [0.1, 0.15) is 11.5 Å². The number of thiazole rings is 1. The van der Waals surface area contributed by atoms with Crippen LogP contribution in [0.25, 0.3) is 10.2 Å². The lowest BCUT2D eigenvalue weighted by Gasteiger charge is -2.33. The molecule has 8 heteroatoms. The Kier molecular flexibility index (Phi) is 5.93. The molecule has 2 fully saturated rings. The summed E-state index contributed by atoms with van der Waals surface area (Å²) in [7, 11) is 3.15. The van der Waals surface area contributed by atoms with Crippen LogP contribution in [0.15, 0.2) is 42.5 Å². The zero-order valence-electron chi connectivity index (χ0n) is 18.8. The number of hydrogen-bond donors (Lipinski definition) is 0. The van der Waals surface area contributed by atoms with Crippen molar-refractivity contribution in [3.05, 3.63) is 47.5 Å². The van der Waals surface area contributed by atoms with Crippen LogP contribution in [0.2, 0.25) is 0 Å². The number of fused-ring (bicyclic) bond motifs is 1. The van der Waals surface area contributed by atoms with E-state index in [1.165, 1.54) is 4.70 Å². The van der Waals surface area contributed by atoms with E-state index in [2.05, 4.69) is 6.07 Å². The molecule has 3 heterocycles. The van der Waals surface area contributed by atoms with Crippen LogP contribution in [0.1, 0.15) is 30.2 Å². The summed E-state index contributed by atoms with van der Waals surface area (Å²) in [6, 6.07) is 13.5. The van der Waals surface area contributed by atoms with Crippen LogP contribution in [0.3, 0.4) is 0 Å². The Balaban J connectivity index is 1.30. The topological polar surface area (TPSA) is 72.0 Å². The highest BCUT2D eigenvalue weighted by Crippen LogP contribution is 2.37. The average molecular weight is 466 g/mol. The number of methoxy groups -OCH3 is 2. The molecule has 0 aliphatic carbocycles. The summed E-state index contributed by atoms with van der Waals surface area (Å²) < 4.78 is 11.9. The molecule has 2 atom stereocenters. The summed E-state index contributed by atoms with van der Waals surface area (Å²) in [6.45, 7) is 1.76. The van der Waals surface area contributed by atoms with E-state index in [-0.39, 0.29) is 30.1 Å². The summed E-state index contributed by atoms with van der Waals surface area (Å²) in [6.07, 6.45) is 2.20. The minimum absolute atomic E-state index is 0.0588. The van der Waals surface area contributed by atoms with Crippen molar-refractivity contribution in [1.29, 1.82) is 0 Å². The summed E-state index contributed by atoms with van der Waals surface area (Å²) >= 11 is 1.72. The van der Waals surface area contributed by atoms with Crippen LogP contribution in [-0.2, 0) is 9.59 Å². The molecular weight excluding hydrogens is 438 g/mol. The second-order valence-corrected chi connectivity index (χ2v) is 9.65. The van der Waals surface area contributed by atoms with Crippen LogP contribution in [-0.4, -0.2) is 55.6 Å². The highest BCUT2D eigenvalue weighted by molar-refractivity contribution is 7.18. The van der Waals surface area contributed by atoms with Gasteiger partial charge in [-0.05, 0) is 37.1 Å². The molecule has 33 heavy (non-hydrogen) atoms. The molecule has 2 amide bonds. The van der Waals surface area contributed by atoms with Gasteiger partial charge < -0.3 is 19.3 Å². The monoisotopic (exact) mass is 465 g/mol. The second-order valence-electron chi connectivity index (χ2n) is 8.59. The minimum Gasteiger partial charge on any atom is -0.497 e. The number of para-hydroxylation sites is 1. The molecule has 172 valence electrons. The third-order valence-corrected chi connectivity index (χ3v) is 7.74. The average Bonchev–Trinajstić information content (AvgIpc) is 3.47. The fraction of sp³-hybridized carbons (Fsp3) is 0.400. The number of piperidine rings is 1. The van der Waals surface area contributed by atoms with Gasteiger partial charge in [-0.25, -0.2) is 4.98 Å². The van der Waals surface area contributed by atoms with Gasteiger partial charge in [0.15, 0.2) is 0 Å². The first kappa shape index (κ1) is 21.7. The highest BCUT2D eigenvalue weighted by atomic mass is 32.1. The molecule has 0 unspecified atom stereocenters. The molecule has 0 bridgehead atoms. The van der Waals surface area contributed by atoms with Crippen molar-refractivity contribution < 1.29 is 19.1 Å². The number of hydrogen-bond acceptors (Lipinski definition) is 6. The van der Waals surface area contributed by atoms with E-state index in [9.17, 15) is 9.59 Å². The fourth-order valence-electron chi connectivity index (χ4n) is 4.82. The molecule has 0 saturated carbocycles. The van der Waals surface area contributed by atoms with Crippen LogP contribution in [0.4, 0.5) is 5.69 Å². The Hall–Kier alpha value is -3.13. The van der Waals surface area contributed by atoms with Gasteiger partial charge in [0, 0.05) is 38.0 Å². The molecule has 2 aliphatic heterocycles. The smallest absolute Gasteiger partial charge is 0.228 e. The normalized spacial score (nSPS) is 21.0. The van der Waals surface area contributed by atoms with E-state index < -0.39 is 0 Å². The van der Waals surface area contributed by atoms with E-state index >= 15 is 0 Å². The standard InChI is InChI=1S/C25H27N3O4S/c1-31-18-9-10-20(21(13-18)32-2)28-15-17(12-23(28)29)25(30)27-11-5-6-16(14-27)24-26-19-7-3-4-8-22(19)33-24/h3-4,7-10,13,16-17H,5-6,11-12,14-15H2,1-2H3/t16-,17-/m0/s1. The van der Waals surface area contributed by atoms with Crippen molar-refractivity contribution in [3.63, 3.8) is 0 Å². The summed E-state index contributed by atoms with van der Waals surface area (Å²) in [5, 5.41) is 1.10. The SMILES string of the molecule is COc1ccc(N2C[C@@H](C(=O)N3CCC[C@H](c4nc5ccccc5s4)C3)CC2=O)c(OC)c1. The lowest BCUT2D eigenvalue weighted by atomic mass is 9.96. The molecular formula is C25H27N3O4S. The first-order chi connectivity index (χ1) is 16.1. The number of carbonyl (C=O) groups excluding carboxylic acids is 2. The van der Waals surface area contributed by atoms with Crippen molar-refractivity contribution in [2.45, 2.75) is 25.2 Å². The molecule has 0 N–H and O–H groups in total. The Morgan fingerprint density at radius 2 is 1.97 bits per heavy atom. The summed E-state index contributed by atoms with van der Waals surface area (Å²) in [5.74, 6) is 1.11. The van der Waals surface area contributed by atoms with Crippen molar-refractivity contribution in [1.82, 2.24) is 9.88 Å². The van der Waals surface area contributed by atoms with Gasteiger partial charge in [0.05, 0.1) is 41.0 Å². The zero-order valence-corrected chi connectivity index (χ0v) is 19.6. The van der Waals surface area contributed by atoms with E-state index in [0.29, 0.717) is 30.3 Å². The van der Waals surface area contributed by atoms with Crippen molar-refractivity contribution in [2.75, 3.05) is 38.8 Å². The highest BCUT2D eigenvalue weighted by Gasteiger charge is 2.39. The maximum atomic E-state index is 13.4. The van der Waals surface area contributed by atoms with Crippen LogP contribution in [0.5, 0.6) is 11.5 Å². The fourth-order valence-corrected chi connectivity index (χ4v) is 5.91. The predicted molar refractivity (Wildman–Crippen MR) is 128 cm³/mol. The number of carbonyl (C=O) groups is 2. The number of likely N-dealkylation sites (tertiary alicyclic amines) is 1. The first-order valence-corrected chi connectivity index (χ1v) is 12.1. The number of amides is 2. The Labute approximate surface area is 196 Å². The lowest BCUT2D eigenvalue weighted by Crippen LogP contribution is -2.43. The largest absolute Gasteiger partial charge is 0.497 e. The molecule has 0 spiro atoms. The molecule has 3 aromatic rings. The number of nitrogens with zero attached hydrogens (tertiary/aromatic N) is 3. The second kappa shape index (κ2) is 9.02. The van der Waals surface area contributed by atoms with E-state index in [0.717, 1.165) is 29.9 Å². The number of aromatic nitrogens is 1. The van der Waals surface area contributed by atoms with Gasteiger partial charge in [0.25, 0.3) is 0 Å². The maximum Gasteiger partial charge on any atom is 0.228 e. The Morgan fingerprint density at radius 1 is 1.12 bits per heavy atom. The van der Waals surface area contributed by atoms with Gasteiger partial charge in [-0.15, -0.1) is 11.3 Å². The third kappa shape index (κ3) is 4.15. The first-order valence-electron chi connectivity index (χ1n) is 11.2. The van der Waals surface area contributed by atoms with Gasteiger partial charge in [-0.1, -0.05) is 12.1 Å². The Morgan fingerprint density at radius 3 is 2.76 bits per heavy atom. The molecule has 1 aromatic heterocycles. The minimum atomic E-state index is -0.349. The number of rotatable bonds is 5. The van der Waals surface area contributed by atoms with Gasteiger partial charge >= 0.3 is 0 Å². The predicted octanol–water partition coefficient (Wildman–Crippen LogP) is 4.07. The number of benzene rings is 2. The maximum absolute atomic E-state index is 13.4. The molecule has 7 nitrogen and oxygen atoms in total. The molecule has 2 saturated heterocycles. The van der Waals surface area contributed by atoms with Crippen LogP contribution < -0.4 is 14.4 Å². The molecule has 5 rings (SSSR count). The molecule has 0 radical (unpaired) electrons. The number of ether oxygens (including phenoxy) is 2. The Bertz CT molecular complexity index is 1160. The van der Waals surface area contributed by atoms with E-state index in [1.54, 1.807) is 42.6 Å². The zero-order chi connectivity index (χ0) is 22.9. The van der Waals surface area contributed by atoms with Gasteiger partial charge in [0.2, 0.25) is 11.8 Å². The summed E-state index contributed by atoms with van der Waals surface area (Å²) in [4.78, 5) is 34.7. The van der Waals surface area contributed by atoms with Crippen molar-refractivity contribution in [3.8, 4) is 11.5 Å². The van der Waals surface area contributed by atoms with Gasteiger partial charge in [-0.3, -0.25) is 9.59 Å². The lowest BCUT2D eigenvalue weighted by molar-refractivity contribution is -0.137. The third-order valence-electron chi connectivity index (χ3n) is 6.54. The van der Waals surface area contributed by atoms with E-state index in [4.69, 9.17) is 14.5 Å². The molecule has 2 aromatic carbocycles. The number of anilines is 1. The van der Waals surface area contributed by atoms with E-state index in [1.807, 2.05) is 29.2 Å². The van der Waals surface area contributed by atoms with Crippen molar-refractivity contribution in [2.24, 2.45) is 5.92 Å². The van der Waals surface area contributed by atoms with Crippen LogP contribution >= 0.6 is 11.3 Å². The quantitative estimate of drug-likeness (QED) is 0.568. The van der Waals surface area contributed by atoms with Crippen LogP contribution in [0, 0.1) is 5.92 Å².